The summed E-state index contributed by atoms with van der Waals surface area (Å²) >= 11 is 0. The molecule has 2 aromatic carbocycles. The number of carbonyl (C=O) groups excluding carboxylic acids is 1. The Balaban J connectivity index is 1.53. The van der Waals surface area contributed by atoms with Crippen LogP contribution in [0.1, 0.15) is 34.8 Å². The molecule has 0 spiro atoms. The predicted molar refractivity (Wildman–Crippen MR) is 101 cm³/mol. The normalized spacial score (nSPS) is 16.7. The maximum Gasteiger partial charge on any atom is 0.251 e. The lowest BCUT2D eigenvalue weighted by Crippen LogP contribution is -2.30. The van der Waals surface area contributed by atoms with Crippen LogP contribution in [0.2, 0.25) is 0 Å². The van der Waals surface area contributed by atoms with Gasteiger partial charge in [-0.2, -0.15) is 0 Å². The SMILES string of the molecule is CN(C)c1ccc(C(=O)NC(c2ccc3c(c2)OCCO3)C2CC2)cc1. The van der Waals surface area contributed by atoms with E-state index in [0.717, 1.165) is 35.6 Å². The van der Waals surface area contributed by atoms with E-state index in [-0.39, 0.29) is 11.9 Å². The second-order valence-corrected chi connectivity index (χ2v) is 7.13. The Labute approximate surface area is 153 Å². The highest BCUT2D eigenvalue weighted by Gasteiger charge is 2.34. The predicted octanol–water partition coefficient (Wildman–Crippen LogP) is 3.40. The van der Waals surface area contributed by atoms with E-state index in [1.54, 1.807) is 0 Å². The van der Waals surface area contributed by atoms with Crippen LogP contribution in [0.4, 0.5) is 5.69 Å². The lowest BCUT2D eigenvalue weighted by atomic mass is 10.0. The summed E-state index contributed by atoms with van der Waals surface area (Å²) in [4.78, 5) is 14.8. The van der Waals surface area contributed by atoms with Crippen LogP contribution in [0, 0.1) is 5.92 Å². The first-order valence-electron chi connectivity index (χ1n) is 9.09. The highest BCUT2D eigenvalue weighted by Crippen LogP contribution is 2.43. The highest BCUT2D eigenvalue weighted by atomic mass is 16.6. The maximum atomic E-state index is 12.7. The molecule has 136 valence electrons. The van der Waals surface area contributed by atoms with E-state index in [4.69, 9.17) is 9.47 Å². The number of carbonyl (C=O) groups is 1. The number of hydrogen-bond acceptors (Lipinski definition) is 4. The first kappa shape index (κ1) is 16.8. The van der Waals surface area contributed by atoms with Crippen molar-refractivity contribution in [1.82, 2.24) is 5.32 Å². The third kappa shape index (κ3) is 3.47. The lowest BCUT2D eigenvalue weighted by molar-refractivity contribution is 0.0931. The van der Waals surface area contributed by atoms with E-state index in [9.17, 15) is 4.79 Å². The molecule has 5 nitrogen and oxygen atoms in total. The third-order valence-electron chi connectivity index (χ3n) is 4.95. The van der Waals surface area contributed by atoms with Crippen molar-refractivity contribution >= 4 is 11.6 Å². The van der Waals surface area contributed by atoms with Gasteiger partial charge in [0.2, 0.25) is 0 Å². The van der Waals surface area contributed by atoms with Gasteiger partial charge in [0.25, 0.3) is 5.91 Å². The molecule has 0 aromatic heterocycles. The molecule has 4 rings (SSSR count). The Hall–Kier alpha value is -2.69. The van der Waals surface area contributed by atoms with E-state index in [2.05, 4.69) is 5.32 Å². The van der Waals surface area contributed by atoms with Crippen molar-refractivity contribution in [3.63, 3.8) is 0 Å². The number of amides is 1. The van der Waals surface area contributed by atoms with Crippen molar-refractivity contribution in [3.05, 3.63) is 53.6 Å². The number of anilines is 1. The van der Waals surface area contributed by atoms with Crippen LogP contribution in [0.25, 0.3) is 0 Å². The summed E-state index contributed by atoms with van der Waals surface area (Å²) < 4.78 is 11.3. The minimum absolute atomic E-state index is 0.00634. The average molecular weight is 352 g/mol. The first-order chi connectivity index (χ1) is 12.6. The second-order valence-electron chi connectivity index (χ2n) is 7.13. The van der Waals surface area contributed by atoms with Crippen LogP contribution in [0.15, 0.2) is 42.5 Å². The number of nitrogens with zero attached hydrogens (tertiary/aromatic N) is 1. The fourth-order valence-corrected chi connectivity index (χ4v) is 3.29. The smallest absolute Gasteiger partial charge is 0.251 e. The molecule has 0 saturated heterocycles. The van der Waals surface area contributed by atoms with Gasteiger partial charge in [-0.15, -0.1) is 0 Å². The summed E-state index contributed by atoms with van der Waals surface area (Å²) in [5.41, 5.74) is 2.83. The molecular formula is C21H24N2O3. The van der Waals surface area contributed by atoms with Crippen molar-refractivity contribution in [2.75, 3.05) is 32.2 Å². The maximum absolute atomic E-state index is 12.7. The molecule has 2 aliphatic rings. The van der Waals surface area contributed by atoms with Crippen LogP contribution in [0.5, 0.6) is 11.5 Å². The fraction of sp³-hybridized carbons (Fsp3) is 0.381. The minimum atomic E-state index is -0.0397. The highest BCUT2D eigenvalue weighted by molar-refractivity contribution is 5.94. The van der Waals surface area contributed by atoms with Gasteiger partial charge in [0.05, 0.1) is 6.04 Å². The summed E-state index contributed by atoms with van der Waals surface area (Å²) in [6.07, 6.45) is 2.28. The molecule has 1 N–H and O–H groups in total. The molecule has 1 aliphatic carbocycles. The van der Waals surface area contributed by atoms with Gasteiger partial charge in [0.1, 0.15) is 13.2 Å². The van der Waals surface area contributed by atoms with Crippen molar-refractivity contribution in [3.8, 4) is 11.5 Å². The van der Waals surface area contributed by atoms with Crippen molar-refractivity contribution in [2.24, 2.45) is 5.92 Å². The van der Waals surface area contributed by atoms with Gasteiger partial charge in [-0.05, 0) is 60.7 Å². The number of rotatable bonds is 5. The zero-order valence-electron chi connectivity index (χ0n) is 15.2. The van der Waals surface area contributed by atoms with E-state index in [0.29, 0.717) is 24.7 Å². The fourth-order valence-electron chi connectivity index (χ4n) is 3.29. The molecule has 2 aromatic rings. The molecule has 0 bridgehead atoms. The molecule has 1 unspecified atom stereocenters. The van der Waals surface area contributed by atoms with Crippen molar-refractivity contribution in [1.29, 1.82) is 0 Å². The van der Waals surface area contributed by atoms with Crippen molar-refractivity contribution < 1.29 is 14.3 Å². The van der Waals surface area contributed by atoms with E-state index in [1.165, 1.54) is 0 Å². The summed E-state index contributed by atoms with van der Waals surface area (Å²) in [6.45, 7) is 1.15. The van der Waals surface area contributed by atoms with Gasteiger partial charge in [-0.25, -0.2) is 0 Å². The van der Waals surface area contributed by atoms with Crippen LogP contribution >= 0.6 is 0 Å². The monoisotopic (exact) mass is 352 g/mol. The number of nitrogens with one attached hydrogen (secondary N) is 1. The van der Waals surface area contributed by atoms with Crippen LogP contribution in [-0.2, 0) is 0 Å². The van der Waals surface area contributed by atoms with Gasteiger partial charge >= 0.3 is 0 Å². The van der Waals surface area contributed by atoms with Gasteiger partial charge in [0.15, 0.2) is 11.5 Å². The van der Waals surface area contributed by atoms with E-state index < -0.39 is 0 Å². The van der Waals surface area contributed by atoms with Gasteiger partial charge in [0, 0.05) is 25.3 Å². The molecule has 1 aliphatic heterocycles. The number of hydrogen-bond donors (Lipinski definition) is 1. The molecular weight excluding hydrogens is 328 g/mol. The van der Waals surface area contributed by atoms with Gasteiger partial charge in [-0.3, -0.25) is 4.79 Å². The zero-order valence-corrected chi connectivity index (χ0v) is 15.2. The Bertz CT molecular complexity index is 797. The largest absolute Gasteiger partial charge is 0.486 e. The third-order valence-corrected chi connectivity index (χ3v) is 4.95. The summed E-state index contributed by atoms with van der Waals surface area (Å²) in [5, 5.41) is 3.22. The Morgan fingerprint density at radius 3 is 2.38 bits per heavy atom. The summed E-state index contributed by atoms with van der Waals surface area (Å²) in [6, 6.07) is 13.7. The Morgan fingerprint density at radius 1 is 1.04 bits per heavy atom. The van der Waals surface area contributed by atoms with Gasteiger partial charge in [-0.1, -0.05) is 6.07 Å². The molecule has 1 amide bonds. The van der Waals surface area contributed by atoms with Gasteiger partial charge < -0.3 is 19.7 Å². The lowest BCUT2D eigenvalue weighted by Gasteiger charge is -2.23. The average Bonchev–Trinajstić information content (AvgIpc) is 3.50. The standard InChI is InChI=1S/C21H24N2O3/c1-23(2)17-8-5-15(6-9-17)21(24)22-20(14-3-4-14)16-7-10-18-19(13-16)26-12-11-25-18/h5-10,13-14,20H,3-4,11-12H2,1-2H3,(H,22,24). The Kier molecular flexibility index (Phi) is 4.45. The number of ether oxygens (including phenoxy) is 2. The first-order valence-corrected chi connectivity index (χ1v) is 9.09. The van der Waals surface area contributed by atoms with Crippen LogP contribution in [0.3, 0.4) is 0 Å². The minimum Gasteiger partial charge on any atom is -0.486 e. The second kappa shape index (κ2) is 6.90. The molecule has 1 heterocycles. The molecule has 1 saturated carbocycles. The molecule has 26 heavy (non-hydrogen) atoms. The number of fused-ring (bicyclic) bond motifs is 1. The van der Waals surface area contributed by atoms with E-state index in [1.807, 2.05) is 61.5 Å². The van der Waals surface area contributed by atoms with Crippen LogP contribution < -0.4 is 19.7 Å². The molecule has 5 heteroatoms. The van der Waals surface area contributed by atoms with Crippen molar-refractivity contribution in [2.45, 2.75) is 18.9 Å². The summed E-state index contributed by atoms with van der Waals surface area (Å²) in [7, 11) is 3.97. The molecule has 1 atom stereocenters. The number of benzene rings is 2. The van der Waals surface area contributed by atoms with E-state index >= 15 is 0 Å². The zero-order chi connectivity index (χ0) is 18.1. The quantitative estimate of drug-likeness (QED) is 0.896. The van der Waals surface area contributed by atoms with Crippen LogP contribution in [-0.4, -0.2) is 33.2 Å². The summed E-state index contributed by atoms with van der Waals surface area (Å²) in [5.74, 6) is 1.99. The Morgan fingerprint density at radius 2 is 1.73 bits per heavy atom. The molecule has 1 fully saturated rings. The molecule has 0 radical (unpaired) electrons. The topological polar surface area (TPSA) is 50.8 Å².